The van der Waals surface area contributed by atoms with Gasteiger partial charge in [0.1, 0.15) is 5.69 Å². The molecule has 0 saturated carbocycles. The number of amides is 1. The van der Waals surface area contributed by atoms with Crippen LogP contribution in [-0.2, 0) is 7.05 Å². The number of likely N-dealkylation sites (tertiary alicyclic amines) is 1. The predicted molar refractivity (Wildman–Crippen MR) is 87.0 cm³/mol. The van der Waals surface area contributed by atoms with Gasteiger partial charge in [0.05, 0.1) is 0 Å². The van der Waals surface area contributed by atoms with E-state index in [9.17, 15) is 4.79 Å². The third kappa shape index (κ3) is 2.76. The molecule has 1 fully saturated rings. The monoisotopic (exact) mass is 347 g/mol. The lowest BCUT2D eigenvalue weighted by Gasteiger charge is -2.16. The summed E-state index contributed by atoms with van der Waals surface area (Å²) in [4.78, 5) is 14.4. The maximum absolute atomic E-state index is 12.6. The van der Waals surface area contributed by atoms with Gasteiger partial charge >= 0.3 is 0 Å². The first-order chi connectivity index (χ1) is 10.1. The van der Waals surface area contributed by atoms with Crippen molar-refractivity contribution >= 4 is 21.8 Å². The van der Waals surface area contributed by atoms with Gasteiger partial charge in [0, 0.05) is 36.3 Å². The Morgan fingerprint density at radius 1 is 1.33 bits per heavy atom. The van der Waals surface area contributed by atoms with Crippen molar-refractivity contribution in [3.8, 4) is 11.3 Å². The second-order valence-electron chi connectivity index (χ2n) is 5.47. The van der Waals surface area contributed by atoms with E-state index >= 15 is 0 Å². The Kier molecular flexibility index (Phi) is 3.87. The molecule has 2 heterocycles. The molecule has 2 N–H and O–H groups in total. The van der Waals surface area contributed by atoms with E-state index in [4.69, 9.17) is 5.73 Å². The molecule has 0 spiro atoms. The van der Waals surface area contributed by atoms with Crippen molar-refractivity contribution in [3.63, 3.8) is 0 Å². The Balaban J connectivity index is 1.91. The van der Waals surface area contributed by atoms with Crippen molar-refractivity contribution < 1.29 is 4.79 Å². The molecule has 1 aliphatic rings. The Morgan fingerprint density at radius 2 is 2.14 bits per heavy atom. The number of nitrogens with zero attached hydrogens (tertiary/aromatic N) is 2. The van der Waals surface area contributed by atoms with Gasteiger partial charge in [-0.15, -0.1) is 0 Å². The van der Waals surface area contributed by atoms with Gasteiger partial charge in [-0.1, -0.05) is 28.1 Å². The molecule has 0 aliphatic carbocycles. The summed E-state index contributed by atoms with van der Waals surface area (Å²) in [5.74, 6) is 0.0618. The van der Waals surface area contributed by atoms with Crippen molar-refractivity contribution in [1.82, 2.24) is 9.47 Å². The highest BCUT2D eigenvalue weighted by molar-refractivity contribution is 9.10. The fourth-order valence-corrected chi connectivity index (χ4v) is 3.20. The minimum Gasteiger partial charge on any atom is -0.340 e. The van der Waals surface area contributed by atoms with Gasteiger partial charge in [-0.25, -0.2) is 0 Å². The summed E-state index contributed by atoms with van der Waals surface area (Å²) in [6.45, 7) is 1.40. The molecule has 110 valence electrons. The molecule has 0 radical (unpaired) electrons. The second kappa shape index (κ2) is 5.66. The Labute approximate surface area is 132 Å². The third-order valence-corrected chi connectivity index (χ3v) is 4.47. The molecule has 4 nitrogen and oxygen atoms in total. The van der Waals surface area contributed by atoms with E-state index in [1.807, 2.05) is 46.8 Å². The lowest BCUT2D eigenvalue weighted by molar-refractivity contribution is 0.0781. The van der Waals surface area contributed by atoms with Gasteiger partial charge in [0.2, 0.25) is 0 Å². The van der Waals surface area contributed by atoms with Gasteiger partial charge in [-0.2, -0.15) is 0 Å². The van der Waals surface area contributed by atoms with Crippen LogP contribution in [0.3, 0.4) is 0 Å². The quantitative estimate of drug-likeness (QED) is 0.907. The number of hydrogen-bond donors (Lipinski definition) is 1. The summed E-state index contributed by atoms with van der Waals surface area (Å²) in [5.41, 5.74) is 8.71. The zero-order valence-electron chi connectivity index (χ0n) is 11.9. The van der Waals surface area contributed by atoms with E-state index in [1.165, 1.54) is 0 Å². The van der Waals surface area contributed by atoms with Crippen molar-refractivity contribution in [3.05, 3.63) is 46.6 Å². The maximum Gasteiger partial charge on any atom is 0.270 e. The molecule has 3 rings (SSSR count). The zero-order chi connectivity index (χ0) is 15.0. The average Bonchev–Trinajstić information content (AvgIpc) is 3.04. The molecule has 2 aromatic rings. The summed E-state index contributed by atoms with van der Waals surface area (Å²) in [7, 11) is 1.93. The van der Waals surface area contributed by atoms with Gasteiger partial charge in [-0.3, -0.25) is 4.79 Å². The molecule has 0 bridgehead atoms. The van der Waals surface area contributed by atoms with Crippen LogP contribution in [0.25, 0.3) is 11.3 Å². The minimum atomic E-state index is 0.0618. The normalized spacial score (nSPS) is 18.2. The highest BCUT2D eigenvalue weighted by Crippen LogP contribution is 2.25. The van der Waals surface area contributed by atoms with Crippen LogP contribution < -0.4 is 5.73 Å². The number of carbonyl (C=O) groups is 1. The van der Waals surface area contributed by atoms with Crippen molar-refractivity contribution in [2.75, 3.05) is 13.1 Å². The number of carbonyl (C=O) groups excluding carboxylic acids is 1. The van der Waals surface area contributed by atoms with E-state index < -0.39 is 0 Å². The summed E-state index contributed by atoms with van der Waals surface area (Å²) in [6, 6.07) is 12.1. The maximum atomic E-state index is 12.6. The number of nitrogens with two attached hydrogens (primary N) is 1. The van der Waals surface area contributed by atoms with Crippen molar-refractivity contribution in [2.45, 2.75) is 12.5 Å². The SMILES string of the molecule is Cn1c(C(=O)N2CC[C@@H](N)C2)ccc1-c1cccc(Br)c1. The molecule has 1 aromatic heterocycles. The minimum absolute atomic E-state index is 0.0618. The van der Waals surface area contributed by atoms with E-state index in [2.05, 4.69) is 22.0 Å². The molecule has 0 unspecified atom stereocenters. The highest BCUT2D eigenvalue weighted by atomic mass is 79.9. The summed E-state index contributed by atoms with van der Waals surface area (Å²) >= 11 is 3.48. The van der Waals surface area contributed by atoms with Crippen LogP contribution in [-0.4, -0.2) is 34.5 Å². The van der Waals surface area contributed by atoms with Gasteiger partial charge < -0.3 is 15.2 Å². The number of halogens is 1. The van der Waals surface area contributed by atoms with Crippen LogP contribution in [0, 0.1) is 0 Å². The lowest BCUT2D eigenvalue weighted by atomic mass is 10.1. The standard InChI is InChI=1S/C16H18BrN3O/c1-19-14(11-3-2-4-12(17)9-11)5-6-15(19)16(21)20-8-7-13(18)10-20/h2-6,9,13H,7-8,10,18H2,1H3/t13-/m1/s1. The van der Waals surface area contributed by atoms with Crippen molar-refractivity contribution in [1.29, 1.82) is 0 Å². The summed E-state index contributed by atoms with van der Waals surface area (Å²) in [6.07, 6.45) is 0.884. The van der Waals surface area contributed by atoms with Crippen LogP contribution in [0.5, 0.6) is 0 Å². The molecule has 21 heavy (non-hydrogen) atoms. The lowest BCUT2D eigenvalue weighted by Crippen LogP contribution is -2.32. The zero-order valence-corrected chi connectivity index (χ0v) is 13.5. The molecule has 1 amide bonds. The van der Waals surface area contributed by atoms with Crippen molar-refractivity contribution in [2.24, 2.45) is 12.8 Å². The van der Waals surface area contributed by atoms with Gasteiger partial charge in [0.15, 0.2) is 0 Å². The first kappa shape index (κ1) is 14.4. The number of rotatable bonds is 2. The number of hydrogen-bond acceptors (Lipinski definition) is 2. The Hall–Kier alpha value is -1.59. The Bertz CT molecular complexity index is 680. The molecule has 1 atom stereocenters. The predicted octanol–water partition coefficient (Wildman–Crippen LogP) is 2.63. The molecule has 1 aliphatic heterocycles. The smallest absolute Gasteiger partial charge is 0.270 e. The first-order valence-electron chi connectivity index (χ1n) is 7.03. The van der Waals surface area contributed by atoms with Crippen LogP contribution in [0.4, 0.5) is 0 Å². The Morgan fingerprint density at radius 3 is 2.81 bits per heavy atom. The van der Waals surface area contributed by atoms with Crippen LogP contribution in [0.1, 0.15) is 16.9 Å². The van der Waals surface area contributed by atoms with Crippen LogP contribution in [0.15, 0.2) is 40.9 Å². The summed E-state index contributed by atoms with van der Waals surface area (Å²) in [5, 5.41) is 0. The first-order valence-corrected chi connectivity index (χ1v) is 7.82. The molecule has 1 saturated heterocycles. The highest BCUT2D eigenvalue weighted by Gasteiger charge is 2.26. The van der Waals surface area contributed by atoms with E-state index in [0.29, 0.717) is 12.2 Å². The number of aromatic nitrogens is 1. The van der Waals surface area contributed by atoms with Gasteiger partial charge in [-0.05, 0) is 36.2 Å². The topological polar surface area (TPSA) is 51.3 Å². The van der Waals surface area contributed by atoms with Gasteiger partial charge in [0.25, 0.3) is 5.91 Å². The molecular weight excluding hydrogens is 330 g/mol. The molecule has 5 heteroatoms. The summed E-state index contributed by atoms with van der Waals surface area (Å²) < 4.78 is 2.98. The fraction of sp³-hybridized carbons (Fsp3) is 0.312. The van der Waals surface area contributed by atoms with E-state index in [0.717, 1.165) is 28.7 Å². The fourth-order valence-electron chi connectivity index (χ4n) is 2.80. The van der Waals surface area contributed by atoms with Crippen LogP contribution >= 0.6 is 15.9 Å². The molecule has 1 aromatic carbocycles. The molecular formula is C16H18BrN3O. The van der Waals surface area contributed by atoms with Crippen LogP contribution in [0.2, 0.25) is 0 Å². The van der Waals surface area contributed by atoms with E-state index in [1.54, 1.807) is 0 Å². The largest absolute Gasteiger partial charge is 0.340 e. The third-order valence-electron chi connectivity index (χ3n) is 3.97. The average molecular weight is 348 g/mol. The second-order valence-corrected chi connectivity index (χ2v) is 6.39. The number of benzene rings is 1. The van der Waals surface area contributed by atoms with E-state index in [-0.39, 0.29) is 11.9 Å².